The molecule has 1 saturated carbocycles. The molecule has 1 heterocycles. The number of hydrogen-bond donors (Lipinski definition) is 1. The van der Waals surface area contributed by atoms with Gasteiger partial charge in [-0.2, -0.15) is 4.98 Å². The molecule has 0 spiro atoms. The maximum absolute atomic E-state index is 12.3. The zero-order chi connectivity index (χ0) is 16.8. The predicted octanol–water partition coefficient (Wildman–Crippen LogP) is 2.37. The van der Waals surface area contributed by atoms with Crippen LogP contribution in [-0.4, -0.2) is 44.6 Å². The monoisotopic (exact) mass is 323 g/mol. The van der Waals surface area contributed by atoms with Crippen LogP contribution >= 0.6 is 0 Å². The number of carbonyl (C=O) groups is 2. The minimum atomic E-state index is -1.00. The van der Waals surface area contributed by atoms with E-state index in [1.807, 2.05) is 13.8 Å². The van der Waals surface area contributed by atoms with Crippen LogP contribution in [0.1, 0.15) is 70.0 Å². The molecule has 1 aliphatic carbocycles. The fourth-order valence-corrected chi connectivity index (χ4v) is 2.93. The van der Waals surface area contributed by atoms with Crippen molar-refractivity contribution in [1.29, 1.82) is 0 Å². The summed E-state index contributed by atoms with van der Waals surface area (Å²) in [5.74, 6) is 0.392. The van der Waals surface area contributed by atoms with Gasteiger partial charge in [0.2, 0.25) is 11.8 Å². The van der Waals surface area contributed by atoms with Gasteiger partial charge in [0.1, 0.15) is 6.54 Å². The van der Waals surface area contributed by atoms with Crippen molar-refractivity contribution in [2.75, 3.05) is 6.54 Å². The molecule has 0 aliphatic heterocycles. The van der Waals surface area contributed by atoms with Crippen molar-refractivity contribution in [3.63, 3.8) is 0 Å². The number of aryl methyl sites for hydroxylation is 1. The lowest BCUT2D eigenvalue weighted by Crippen LogP contribution is -2.41. The number of carboxylic acid groups (broad SMARTS) is 1. The highest BCUT2D eigenvalue weighted by Crippen LogP contribution is 2.32. The number of nitrogens with zero attached hydrogens (tertiary/aromatic N) is 3. The second kappa shape index (κ2) is 8.08. The lowest BCUT2D eigenvalue weighted by Gasteiger charge is -2.26. The number of amides is 1. The van der Waals surface area contributed by atoms with Crippen LogP contribution in [0.5, 0.6) is 0 Å². The zero-order valence-electron chi connectivity index (χ0n) is 13.8. The largest absolute Gasteiger partial charge is 0.480 e. The third-order valence-corrected chi connectivity index (χ3v) is 4.51. The summed E-state index contributed by atoms with van der Waals surface area (Å²) >= 11 is 0. The second-order valence-electron chi connectivity index (χ2n) is 6.20. The van der Waals surface area contributed by atoms with Crippen LogP contribution in [-0.2, 0) is 16.0 Å². The van der Waals surface area contributed by atoms with Crippen molar-refractivity contribution >= 4 is 11.9 Å². The maximum Gasteiger partial charge on any atom is 0.323 e. The Morgan fingerprint density at radius 1 is 1.39 bits per heavy atom. The highest BCUT2D eigenvalue weighted by Gasteiger charge is 2.24. The normalized spacial score (nSPS) is 16.4. The Hall–Kier alpha value is -1.92. The Morgan fingerprint density at radius 3 is 2.70 bits per heavy atom. The molecule has 2 rings (SSSR count). The van der Waals surface area contributed by atoms with Gasteiger partial charge in [-0.1, -0.05) is 24.9 Å². The van der Waals surface area contributed by atoms with Gasteiger partial charge in [0, 0.05) is 24.8 Å². The molecular weight excluding hydrogens is 298 g/mol. The first-order valence-electron chi connectivity index (χ1n) is 8.35. The van der Waals surface area contributed by atoms with E-state index in [0.29, 0.717) is 24.7 Å². The number of carbonyl (C=O) groups excluding carboxylic acids is 1. The minimum Gasteiger partial charge on any atom is -0.480 e. The highest BCUT2D eigenvalue weighted by atomic mass is 16.5. The van der Waals surface area contributed by atoms with Crippen LogP contribution in [0.2, 0.25) is 0 Å². The van der Waals surface area contributed by atoms with Crippen molar-refractivity contribution in [2.24, 2.45) is 0 Å². The van der Waals surface area contributed by atoms with E-state index in [-0.39, 0.29) is 24.9 Å². The number of carboxylic acids is 1. The standard InChI is InChI=1S/C16H25N3O4/c1-3-11(2)19(10-15(21)22)14(20)9-8-13-17-16(18-23-13)12-6-4-5-7-12/h11-12H,3-10H2,1-2H3,(H,21,22). The van der Waals surface area contributed by atoms with Crippen LogP contribution in [0, 0.1) is 0 Å². The summed E-state index contributed by atoms with van der Waals surface area (Å²) in [5, 5.41) is 13.0. The Balaban J connectivity index is 1.90. The first-order chi connectivity index (χ1) is 11.0. The third kappa shape index (κ3) is 4.77. The molecule has 1 aromatic heterocycles. The maximum atomic E-state index is 12.3. The summed E-state index contributed by atoms with van der Waals surface area (Å²) in [5.41, 5.74) is 0. The predicted molar refractivity (Wildman–Crippen MR) is 82.9 cm³/mol. The average Bonchev–Trinajstić information content (AvgIpc) is 3.19. The molecule has 1 atom stereocenters. The third-order valence-electron chi connectivity index (χ3n) is 4.51. The summed E-state index contributed by atoms with van der Waals surface area (Å²) in [6, 6.07) is -0.102. The van der Waals surface area contributed by atoms with E-state index >= 15 is 0 Å². The van der Waals surface area contributed by atoms with Gasteiger partial charge in [0.25, 0.3) is 0 Å². The Bertz CT molecular complexity index is 537. The van der Waals surface area contributed by atoms with E-state index in [4.69, 9.17) is 9.63 Å². The number of aromatic nitrogens is 2. The molecule has 0 bridgehead atoms. The van der Waals surface area contributed by atoms with Crippen molar-refractivity contribution in [3.8, 4) is 0 Å². The molecule has 0 aromatic carbocycles. The molecule has 1 fully saturated rings. The van der Waals surface area contributed by atoms with Gasteiger partial charge in [-0.15, -0.1) is 0 Å². The van der Waals surface area contributed by atoms with Gasteiger partial charge in [0.05, 0.1) is 0 Å². The molecule has 128 valence electrons. The summed E-state index contributed by atoms with van der Waals surface area (Å²) in [6.45, 7) is 3.51. The van der Waals surface area contributed by atoms with Crippen LogP contribution in [0.3, 0.4) is 0 Å². The zero-order valence-corrected chi connectivity index (χ0v) is 13.8. The topological polar surface area (TPSA) is 96.5 Å². The van der Waals surface area contributed by atoms with Crippen molar-refractivity contribution < 1.29 is 19.2 Å². The molecule has 1 N–H and O–H groups in total. The molecule has 1 unspecified atom stereocenters. The first kappa shape index (κ1) is 17.4. The lowest BCUT2D eigenvalue weighted by atomic mass is 10.1. The van der Waals surface area contributed by atoms with Crippen LogP contribution < -0.4 is 0 Å². The fourth-order valence-electron chi connectivity index (χ4n) is 2.93. The van der Waals surface area contributed by atoms with Crippen LogP contribution in [0.4, 0.5) is 0 Å². The molecule has 23 heavy (non-hydrogen) atoms. The van der Waals surface area contributed by atoms with Crippen molar-refractivity contribution in [2.45, 2.75) is 70.8 Å². The molecule has 1 aliphatic rings. The van der Waals surface area contributed by atoms with Crippen LogP contribution in [0.25, 0.3) is 0 Å². The van der Waals surface area contributed by atoms with Gasteiger partial charge >= 0.3 is 5.97 Å². The number of hydrogen-bond acceptors (Lipinski definition) is 5. The van der Waals surface area contributed by atoms with E-state index in [1.165, 1.54) is 17.7 Å². The number of rotatable bonds is 8. The van der Waals surface area contributed by atoms with Gasteiger partial charge in [0.15, 0.2) is 5.82 Å². The SMILES string of the molecule is CCC(C)N(CC(=O)O)C(=O)CCc1nc(C2CCCC2)no1. The Morgan fingerprint density at radius 2 is 2.09 bits per heavy atom. The van der Waals surface area contributed by atoms with Gasteiger partial charge < -0.3 is 14.5 Å². The lowest BCUT2D eigenvalue weighted by molar-refractivity contribution is -0.146. The molecular formula is C16H25N3O4. The number of aliphatic carboxylic acids is 1. The molecule has 7 nitrogen and oxygen atoms in total. The minimum absolute atomic E-state index is 0.102. The van der Waals surface area contributed by atoms with Gasteiger partial charge in [-0.05, 0) is 26.2 Å². The Kier molecular flexibility index (Phi) is 6.12. The fraction of sp³-hybridized carbons (Fsp3) is 0.750. The second-order valence-corrected chi connectivity index (χ2v) is 6.20. The first-order valence-corrected chi connectivity index (χ1v) is 8.35. The molecule has 7 heteroatoms. The van der Waals surface area contributed by atoms with E-state index in [0.717, 1.165) is 18.7 Å². The van der Waals surface area contributed by atoms with E-state index in [9.17, 15) is 9.59 Å². The summed E-state index contributed by atoms with van der Waals surface area (Å²) in [4.78, 5) is 29.0. The van der Waals surface area contributed by atoms with E-state index in [2.05, 4.69) is 10.1 Å². The van der Waals surface area contributed by atoms with E-state index in [1.54, 1.807) is 0 Å². The smallest absolute Gasteiger partial charge is 0.323 e. The Labute approximate surface area is 136 Å². The van der Waals surface area contributed by atoms with Crippen LogP contribution in [0.15, 0.2) is 4.52 Å². The quantitative estimate of drug-likeness (QED) is 0.789. The summed E-state index contributed by atoms with van der Waals surface area (Å²) < 4.78 is 5.23. The summed E-state index contributed by atoms with van der Waals surface area (Å²) in [6.07, 6.45) is 5.84. The van der Waals surface area contributed by atoms with Crippen molar-refractivity contribution in [3.05, 3.63) is 11.7 Å². The summed E-state index contributed by atoms with van der Waals surface area (Å²) in [7, 11) is 0. The molecule has 1 aromatic rings. The highest BCUT2D eigenvalue weighted by molar-refractivity contribution is 5.81. The van der Waals surface area contributed by atoms with Gasteiger partial charge in [-0.3, -0.25) is 9.59 Å². The molecule has 0 saturated heterocycles. The molecule has 0 radical (unpaired) electrons. The average molecular weight is 323 g/mol. The van der Waals surface area contributed by atoms with Gasteiger partial charge in [-0.25, -0.2) is 0 Å². The van der Waals surface area contributed by atoms with Crippen molar-refractivity contribution in [1.82, 2.24) is 15.0 Å². The van der Waals surface area contributed by atoms with E-state index < -0.39 is 5.97 Å². The molecule has 1 amide bonds.